The topological polar surface area (TPSA) is 85.4 Å². The first-order chi connectivity index (χ1) is 16.5. The van der Waals surface area contributed by atoms with Crippen molar-refractivity contribution < 1.29 is 28.6 Å². The number of ether oxygens (including phenoxy) is 3. The lowest BCUT2D eigenvalue weighted by Crippen LogP contribution is -2.43. The van der Waals surface area contributed by atoms with Crippen LogP contribution < -0.4 is 14.4 Å². The molecule has 2 heterocycles. The van der Waals surface area contributed by atoms with E-state index in [1.54, 1.807) is 18.2 Å². The zero-order valence-electron chi connectivity index (χ0n) is 19.6. The van der Waals surface area contributed by atoms with Crippen LogP contribution in [0.5, 0.6) is 11.5 Å². The molecule has 1 saturated heterocycles. The number of anilines is 1. The first kappa shape index (κ1) is 23.6. The van der Waals surface area contributed by atoms with Gasteiger partial charge < -0.3 is 19.1 Å². The zero-order chi connectivity index (χ0) is 24.1. The number of likely N-dealkylation sites (tertiary alicyclic amines) is 1. The Labute approximate surface area is 199 Å². The number of piperidine rings is 1. The molecule has 0 aliphatic carbocycles. The third kappa shape index (κ3) is 4.85. The maximum atomic E-state index is 13.5. The van der Waals surface area contributed by atoms with E-state index < -0.39 is 12.0 Å². The molecule has 2 aliphatic heterocycles. The summed E-state index contributed by atoms with van der Waals surface area (Å²) in [4.78, 5) is 41.8. The minimum absolute atomic E-state index is 0.0584. The molecular weight excluding hydrogens is 436 g/mol. The largest absolute Gasteiger partial charge is 0.490 e. The van der Waals surface area contributed by atoms with Crippen molar-refractivity contribution in [1.29, 1.82) is 0 Å². The van der Waals surface area contributed by atoms with Crippen LogP contribution in [0.4, 0.5) is 5.69 Å². The molecular formula is C26H30N2O6. The Balaban J connectivity index is 1.55. The van der Waals surface area contributed by atoms with Crippen LogP contribution in [-0.2, 0) is 20.7 Å². The lowest BCUT2D eigenvalue weighted by molar-refractivity contribution is -0.142. The molecule has 1 atom stereocenters. The number of carbonyl (C=O) groups excluding carboxylic acids is 3. The van der Waals surface area contributed by atoms with E-state index in [1.165, 1.54) is 12.0 Å². The van der Waals surface area contributed by atoms with E-state index in [0.29, 0.717) is 35.8 Å². The number of methoxy groups -OCH3 is 1. The second-order valence-corrected chi connectivity index (χ2v) is 8.37. The Morgan fingerprint density at radius 2 is 1.74 bits per heavy atom. The van der Waals surface area contributed by atoms with E-state index in [1.807, 2.05) is 36.1 Å². The Kier molecular flexibility index (Phi) is 7.35. The molecule has 4 rings (SSSR count). The summed E-state index contributed by atoms with van der Waals surface area (Å²) >= 11 is 0. The van der Waals surface area contributed by atoms with E-state index in [-0.39, 0.29) is 18.4 Å². The Hall–Kier alpha value is -3.55. The summed E-state index contributed by atoms with van der Waals surface area (Å²) in [7, 11) is 1.32. The molecule has 8 heteroatoms. The van der Waals surface area contributed by atoms with Crippen molar-refractivity contribution in [2.24, 2.45) is 0 Å². The number of fused-ring (bicyclic) bond motifs is 1. The van der Waals surface area contributed by atoms with Gasteiger partial charge in [-0.15, -0.1) is 0 Å². The predicted octanol–water partition coefficient (Wildman–Crippen LogP) is 3.22. The first-order valence-electron chi connectivity index (χ1n) is 11.7. The monoisotopic (exact) mass is 466 g/mol. The first-order valence-corrected chi connectivity index (χ1v) is 11.7. The quantitative estimate of drug-likeness (QED) is 0.583. The zero-order valence-corrected chi connectivity index (χ0v) is 19.6. The molecule has 2 aromatic carbocycles. The van der Waals surface area contributed by atoms with Crippen LogP contribution in [0.2, 0.25) is 0 Å². The van der Waals surface area contributed by atoms with Gasteiger partial charge in [-0.3, -0.25) is 14.5 Å². The number of rotatable bonds is 7. The molecule has 1 fully saturated rings. The molecule has 0 bridgehead atoms. The highest BCUT2D eigenvalue weighted by molar-refractivity contribution is 6.11. The van der Waals surface area contributed by atoms with E-state index in [4.69, 9.17) is 14.2 Å². The second kappa shape index (κ2) is 10.6. The molecule has 0 radical (unpaired) electrons. The molecule has 34 heavy (non-hydrogen) atoms. The van der Waals surface area contributed by atoms with Crippen molar-refractivity contribution in [1.82, 2.24) is 4.90 Å². The summed E-state index contributed by atoms with van der Waals surface area (Å²) in [5.74, 6) is -0.0862. The maximum absolute atomic E-state index is 13.5. The number of amides is 2. The third-order valence-corrected chi connectivity index (χ3v) is 6.22. The number of para-hydroxylation sites is 1. The van der Waals surface area contributed by atoms with Gasteiger partial charge in [-0.25, -0.2) is 4.79 Å². The van der Waals surface area contributed by atoms with Crippen molar-refractivity contribution in [3.8, 4) is 11.5 Å². The summed E-state index contributed by atoms with van der Waals surface area (Å²) < 4.78 is 16.5. The van der Waals surface area contributed by atoms with Gasteiger partial charge in [0.25, 0.3) is 11.8 Å². The van der Waals surface area contributed by atoms with Gasteiger partial charge in [0, 0.05) is 30.8 Å². The molecule has 2 aliphatic rings. The maximum Gasteiger partial charge on any atom is 0.329 e. The standard InChI is InChI=1S/C26H30N2O6/c1-3-33-23-16-19(11-12-22(23)34-17-24(29)27-13-7-4-8-14-27)25(30)28-20-10-6-5-9-18(20)15-21(28)26(31)32-2/h5-6,9-12,16,21H,3-4,7-8,13-15,17H2,1-2H3. The highest BCUT2D eigenvalue weighted by atomic mass is 16.5. The van der Waals surface area contributed by atoms with Crippen molar-refractivity contribution in [3.05, 3.63) is 53.6 Å². The van der Waals surface area contributed by atoms with Gasteiger partial charge in [0.1, 0.15) is 6.04 Å². The Morgan fingerprint density at radius 1 is 0.971 bits per heavy atom. The van der Waals surface area contributed by atoms with Crippen LogP contribution >= 0.6 is 0 Å². The average molecular weight is 467 g/mol. The lowest BCUT2D eigenvalue weighted by atomic mass is 10.1. The molecule has 2 amide bonds. The predicted molar refractivity (Wildman–Crippen MR) is 126 cm³/mol. The highest BCUT2D eigenvalue weighted by Crippen LogP contribution is 2.35. The van der Waals surface area contributed by atoms with Crippen LogP contribution in [-0.4, -0.2) is 62.1 Å². The Bertz CT molecular complexity index is 1060. The lowest BCUT2D eigenvalue weighted by Gasteiger charge is -2.27. The smallest absolute Gasteiger partial charge is 0.329 e. The van der Waals surface area contributed by atoms with Gasteiger partial charge in [0.05, 0.1) is 13.7 Å². The molecule has 0 saturated carbocycles. The normalized spacial score (nSPS) is 17.2. The van der Waals surface area contributed by atoms with E-state index in [9.17, 15) is 14.4 Å². The number of hydrogen-bond acceptors (Lipinski definition) is 6. The Morgan fingerprint density at radius 3 is 2.47 bits per heavy atom. The summed E-state index contributed by atoms with van der Waals surface area (Å²) in [6.07, 6.45) is 3.57. The second-order valence-electron chi connectivity index (χ2n) is 8.37. The SMILES string of the molecule is CCOc1cc(C(=O)N2c3ccccc3CC2C(=O)OC)ccc1OCC(=O)N1CCCCC1. The van der Waals surface area contributed by atoms with E-state index in [2.05, 4.69) is 0 Å². The van der Waals surface area contributed by atoms with Crippen molar-refractivity contribution >= 4 is 23.5 Å². The summed E-state index contributed by atoms with van der Waals surface area (Å²) in [6, 6.07) is 11.6. The minimum atomic E-state index is -0.733. The molecule has 1 unspecified atom stereocenters. The van der Waals surface area contributed by atoms with Crippen molar-refractivity contribution in [2.75, 3.05) is 38.3 Å². The van der Waals surface area contributed by atoms with Crippen molar-refractivity contribution in [2.45, 2.75) is 38.6 Å². The summed E-state index contributed by atoms with van der Waals surface area (Å²) in [5, 5.41) is 0. The average Bonchev–Trinajstić information content (AvgIpc) is 3.27. The number of carbonyl (C=O) groups is 3. The molecule has 8 nitrogen and oxygen atoms in total. The molecule has 2 aromatic rings. The molecule has 180 valence electrons. The van der Waals surface area contributed by atoms with E-state index >= 15 is 0 Å². The number of benzene rings is 2. The third-order valence-electron chi connectivity index (χ3n) is 6.22. The van der Waals surface area contributed by atoms with Gasteiger partial charge in [-0.05, 0) is 56.0 Å². The minimum Gasteiger partial charge on any atom is -0.490 e. The number of nitrogens with zero attached hydrogens (tertiary/aromatic N) is 2. The van der Waals surface area contributed by atoms with Gasteiger partial charge in [-0.1, -0.05) is 18.2 Å². The van der Waals surface area contributed by atoms with Crippen LogP contribution in [0, 0.1) is 0 Å². The van der Waals surface area contributed by atoms with Crippen molar-refractivity contribution in [3.63, 3.8) is 0 Å². The molecule has 0 N–H and O–H groups in total. The van der Waals surface area contributed by atoms with Crippen LogP contribution in [0.15, 0.2) is 42.5 Å². The summed E-state index contributed by atoms with van der Waals surface area (Å²) in [5.41, 5.74) is 1.95. The summed E-state index contributed by atoms with van der Waals surface area (Å²) in [6.45, 7) is 3.63. The van der Waals surface area contributed by atoms with Crippen LogP contribution in [0.25, 0.3) is 0 Å². The fourth-order valence-corrected chi connectivity index (χ4v) is 4.50. The fourth-order valence-electron chi connectivity index (χ4n) is 4.50. The molecule has 0 spiro atoms. The molecule has 0 aromatic heterocycles. The number of hydrogen-bond donors (Lipinski definition) is 0. The number of esters is 1. The highest BCUT2D eigenvalue weighted by Gasteiger charge is 2.39. The van der Waals surface area contributed by atoms with Gasteiger partial charge >= 0.3 is 5.97 Å². The van der Waals surface area contributed by atoms with Gasteiger partial charge in [0.15, 0.2) is 18.1 Å². The van der Waals surface area contributed by atoms with E-state index in [0.717, 1.165) is 37.9 Å². The fraction of sp³-hybridized carbons (Fsp3) is 0.423. The van der Waals surface area contributed by atoms with Gasteiger partial charge in [-0.2, -0.15) is 0 Å². The van der Waals surface area contributed by atoms with Crippen LogP contribution in [0.3, 0.4) is 0 Å². The van der Waals surface area contributed by atoms with Gasteiger partial charge in [0.2, 0.25) is 0 Å². The van der Waals surface area contributed by atoms with Crippen LogP contribution in [0.1, 0.15) is 42.1 Å².